The summed E-state index contributed by atoms with van der Waals surface area (Å²) in [4.78, 5) is 26.9. The van der Waals surface area contributed by atoms with Crippen molar-refractivity contribution in [3.8, 4) is 11.1 Å². The van der Waals surface area contributed by atoms with E-state index in [9.17, 15) is 9.59 Å². The van der Waals surface area contributed by atoms with Crippen molar-refractivity contribution in [1.29, 1.82) is 0 Å². The van der Waals surface area contributed by atoms with Gasteiger partial charge in [-0.2, -0.15) is 4.99 Å². The van der Waals surface area contributed by atoms with Crippen molar-refractivity contribution in [2.24, 2.45) is 4.99 Å². The summed E-state index contributed by atoms with van der Waals surface area (Å²) in [5.74, 6) is 0. The Morgan fingerprint density at radius 3 is 2.62 bits per heavy atom. The van der Waals surface area contributed by atoms with Crippen molar-refractivity contribution in [2.45, 2.75) is 26.2 Å². The zero-order valence-electron chi connectivity index (χ0n) is 13.3. The van der Waals surface area contributed by atoms with Crippen LogP contribution in [0.5, 0.6) is 0 Å². The molecule has 0 saturated carbocycles. The lowest BCUT2D eigenvalue weighted by atomic mass is 9.94. The summed E-state index contributed by atoms with van der Waals surface area (Å²) in [7, 11) is 0. The first-order valence-corrected chi connectivity index (χ1v) is 7.95. The topological polar surface area (TPSA) is 59.6 Å². The highest BCUT2D eigenvalue weighted by Crippen LogP contribution is 2.38. The number of carbonyl (C=O) groups excluding carboxylic acids is 1. The van der Waals surface area contributed by atoms with E-state index in [0.717, 1.165) is 35.8 Å². The number of rotatable bonds is 2. The molecule has 0 radical (unpaired) electrons. The van der Waals surface area contributed by atoms with Crippen molar-refractivity contribution in [2.75, 3.05) is 0 Å². The lowest BCUT2D eigenvalue weighted by molar-refractivity contribution is 0.557. The van der Waals surface area contributed by atoms with Crippen molar-refractivity contribution < 1.29 is 9.21 Å². The fourth-order valence-electron chi connectivity index (χ4n) is 3.53. The minimum absolute atomic E-state index is 0.0183. The molecule has 0 fully saturated rings. The van der Waals surface area contributed by atoms with Crippen molar-refractivity contribution in [3.05, 3.63) is 63.5 Å². The van der Waals surface area contributed by atoms with Crippen LogP contribution in [-0.2, 0) is 17.6 Å². The predicted octanol–water partition coefficient (Wildman–Crippen LogP) is 4.22. The van der Waals surface area contributed by atoms with Gasteiger partial charge < -0.3 is 4.42 Å². The Labute approximate surface area is 138 Å². The van der Waals surface area contributed by atoms with E-state index in [4.69, 9.17) is 4.42 Å². The molecule has 4 nitrogen and oxygen atoms in total. The molecular weight excluding hydrogens is 302 g/mol. The Kier molecular flexibility index (Phi) is 3.40. The normalized spacial score (nSPS) is 12.9. The number of hydrogen-bond donors (Lipinski definition) is 0. The SMILES string of the molecule is Cc1ccccc1-c1c(N=C=O)c(=O)oc2cc3c(cc12)CCC3. The molecule has 0 atom stereocenters. The summed E-state index contributed by atoms with van der Waals surface area (Å²) < 4.78 is 5.44. The molecule has 0 unspecified atom stereocenters. The Hall–Kier alpha value is -2.97. The zero-order valence-corrected chi connectivity index (χ0v) is 13.3. The predicted molar refractivity (Wildman–Crippen MR) is 92.5 cm³/mol. The van der Waals surface area contributed by atoms with Crippen LogP contribution in [0, 0.1) is 6.92 Å². The first-order valence-electron chi connectivity index (χ1n) is 7.95. The fourth-order valence-corrected chi connectivity index (χ4v) is 3.53. The molecule has 0 saturated heterocycles. The van der Waals surface area contributed by atoms with E-state index in [1.165, 1.54) is 17.2 Å². The number of fused-ring (bicyclic) bond motifs is 2. The van der Waals surface area contributed by atoms with Crippen LogP contribution in [0.25, 0.3) is 22.1 Å². The van der Waals surface area contributed by atoms with Crippen LogP contribution in [0.4, 0.5) is 5.69 Å². The van der Waals surface area contributed by atoms with Crippen LogP contribution in [0.2, 0.25) is 0 Å². The maximum atomic E-state index is 12.4. The zero-order chi connectivity index (χ0) is 16.7. The molecule has 24 heavy (non-hydrogen) atoms. The third kappa shape index (κ3) is 2.20. The van der Waals surface area contributed by atoms with Crippen LogP contribution in [0.1, 0.15) is 23.1 Å². The first kappa shape index (κ1) is 14.6. The number of hydrogen-bond acceptors (Lipinski definition) is 4. The molecule has 3 aromatic rings. The largest absolute Gasteiger partial charge is 0.421 e. The van der Waals surface area contributed by atoms with Gasteiger partial charge >= 0.3 is 5.63 Å². The Morgan fingerprint density at radius 1 is 1.12 bits per heavy atom. The fraction of sp³-hybridized carbons (Fsp3) is 0.200. The van der Waals surface area contributed by atoms with Gasteiger partial charge in [-0.15, -0.1) is 0 Å². The second-order valence-electron chi connectivity index (χ2n) is 6.10. The van der Waals surface area contributed by atoms with E-state index in [1.54, 1.807) is 0 Å². The summed E-state index contributed by atoms with van der Waals surface area (Å²) >= 11 is 0. The minimum atomic E-state index is -0.609. The third-order valence-corrected chi connectivity index (χ3v) is 4.67. The van der Waals surface area contributed by atoms with Gasteiger partial charge in [-0.25, -0.2) is 9.59 Å². The minimum Gasteiger partial charge on any atom is -0.421 e. The monoisotopic (exact) mass is 317 g/mol. The summed E-state index contributed by atoms with van der Waals surface area (Å²) in [5.41, 5.74) is 4.99. The summed E-state index contributed by atoms with van der Waals surface area (Å²) in [6.45, 7) is 1.97. The summed E-state index contributed by atoms with van der Waals surface area (Å²) in [6.07, 6.45) is 4.61. The van der Waals surface area contributed by atoms with Gasteiger partial charge in [0.1, 0.15) is 5.58 Å². The molecule has 0 bridgehead atoms. The van der Waals surface area contributed by atoms with Crippen LogP contribution in [0.3, 0.4) is 0 Å². The summed E-state index contributed by atoms with van der Waals surface area (Å²) in [6, 6.07) is 11.8. The second-order valence-corrected chi connectivity index (χ2v) is 6.10. The number of isocyanates is 1. The molecule has 0 aliphatic heterocycles. The van der Waals surface area contributed by atoms with Gasteiger partial charge in [0.15, 0.2) is 5.69 Å². The van der Waals surface area contributed by atoms with Crippen LogP contribution >= 0.6 is 0 Å². The van der Waals surface area contributed by atoms with Crippen molar-refractivity contribution >= 4 is 22.7 Å². The summed E-state index contributed by atoms with van der Waals surface area (Å²) in [5, 5.41) is 0.818. The second kappa shape index (κ2) is 5.59. The van der Waals surface area contributed by atoms with E-state index in [-0.39, 0.29) is 5.69 Å². The van der Waals surface area contributed by atoms with E-state index in [0.29, 0.717) is 11.1 Å². The van der Waals surface area contributed by atoms with E-state index < -0.39 is 5.63 Å². The average molecular weight is 317 g/mol. The molecule has 1 heterocycles. The number of benzene rings is 2. The Morgan fingerprint density at radius 2 is 1.88 bits per heavy atom. The van der Waals surface area contributed by atoms with Gasteiger partial charge in [-0.1, -0.05) is 24.3 Å². The molecule has 1 aliphatic carbocycles. The quantitative estimate of drug-likeness (QED) is 0.404. The van der Waals surface area contributed by atoms with Gasteiger partial charge in [0.2, 0.25) is 6.08 Å². The van der Waals surface area contributed by atoms with E-state index in [2.05, 4.69) is 11.1 Å². The highest BCUT2D eigenvalue weighted by molar-refractivity contribution is 6.00. The van der Waals surface area contributed by atoms with Gasteiger partial charge in [0.25, 0.3) is 0 Å². The molecule has 2 aromatic carbocycles. The maximum Gasteiger partial charge on any atom is 0.363 e. The van der Waals surface area contributed by atoms with E-state index in [1.807, 2.05) is 37.3 Å². The average Bonchev–Trinajstić information content (AvgIpc) is 3.02. The third-order valence-electron chi connectivity index (χ3n) is 4.67. The van der Waals surface area contributed by atoms with Crippen LogP contribution in [0.15, 0.2) is 50.6 Å². The van der Waals surface area contributed by atoms with Crippen LogP contribution < -0.4 is 5.63 Å². The molecule has 4 heteroatoms. The molecule has 1 aromatic heterocycles. The molecule has 1 aliphatic rings. The smallest absolute Gasteiger partial charge is 0.363 e. The maximum absolute atomic E-state index is 12.4. The molecule has 4 rings (SSSR count). The highest BCUT2D eigenvalue weighted by atomic mass is 16.4. The molecule has 0 amide bonds. The van der Waals surface area contributed by atoms with Crippen LogP contribution in [-0.4, -0.2) is 6.08 Å². The van der Waals surface area contributed by atoms with Gasteiger partial charge in [-0.05, 0) is 60.6 Å². The van der Waals surface area contributed by atoms with E-state index >= 15 is 0 Å². The van der Waals surface area contributed by atoms with Gasteiger partial charge in [-0.3, -0.25) is 0 Å². The Balaban J connectivity index is 2.19. The lowest BCUT2D eigenvalue weighted by Gasteiger charge is -2.12. The lowest BCUT2D eigenvalue weighted by Crippen LogP contribution is -2.02. The van der Waals surface area contributed by atoms with Crippen molar-refractivity contribution in [1.82, 2.24) is 0 Å². The molecule has 0 spiro atoms. The molecule has 0 N–H and O–H groups in total. The van der Waals surface area contributed by atoms with Gasteiger partial charge in [0, 0.05) is 10.9 Å². The molecular formula is C20H15NO3. The van der Waals surface area contributed by atoms with Crippen molar-refractivity contribution in [3.63, 3.8) is 0 Å². The standard InChI is InChI=1S/C20H15NO3/c1-12-5-2-3-8-15(12)18-16-9-13-6-4-7-14(13)10-17(16)24-20(23)19(18)21-11-22/h2-3,5,8-10H,4,6-7H2,1H3. The first-order chi connectivity index (χ1) is 11.7. The number of aryl methyl sites for hydroxylation is 3. The number of aliphatic imine (C=N–C) groups is 1. The highest BCUT2D eigenvalue weighted by Gasteiger charge is 2.20. The van der Waals surface area contributed by atoms with Gasteiger partial charge in [0.05, 0.1) is 0 Å². The Bertz CT molecular complexity index is 1070. The molecule has 118 valence electrons. The number of nitrogens with zero attached hydrogens (tertiary/aromatic N) is 1.